The van der Waals surface area contributed by atoms with Crippen molar-refractivity contribution < 1.29 is 19.1 Å². The van der Waals surface area contributed by atoms with Gasteiger partial charge in [-0.2, -0.15) is 0 Å². The number of hydrogen-bond acceptors (Lipinski definition) is 4. The summed E-state index contributed by atoms with van der Waals surface area (Å²) in [6, 6.07) is 3.60. The van der Waals surface area contributed by atoms with Crippen LogP contribution in [-0.4, -0.2) is 34.2 Å². The van der Waals surface area contributed by atoms with Gasteiger partial charge in [0, 0.05) is 0 Å². The summed E-state index contributed by atoms with van der Waals surface area (Å²) in [7, 11) is 1.18. The zero-order valence-electron chi connectivity index (χ0n) is 15.7. The van der Waals surface area contributed by atoms with E-state index >= 15 is 0 Å². The molecule has 0 aliphatic heterocycles. The van der Waals surface area contributed by atoms with Crippen LogP contribution in [0.1, 0.15) is 47.5 Å². The van der Waals surface area contributed by atoms with Crippen LogP contribution in [0.3, 0.4) is 0 Å². The molecule has 1 unspecified atom stereocenters. The molecule has 0 aromatic carbocycles. The van der Waals surface area contributed by atoms with Crippen LogP contribution >= 0.6 is 0 Å². The van der Waals surface area contributed by atoms with Crippen LogP contribution in [0.15, 0.2) is 10.8 Å². The van der Waals surface area contributed by atoms with Gasteiger partial charge in [-0.25, -0.2) is 0 Å². The average Bonchev–Trinajstić information content (AvgIpc) is 2.93. The van der Waals surface area contributed by atoms with E-state index in [-0.39, 0.29) is 5.92 Å². The Labute approximate surface area is 141 Å². The molecular formula is C18H32O4Si. The van der Waals surface area contributed by atoms with E-state index in [0.717, 1.165) is 0 Å². The lowest BCUT2D eigenvalue weighted by atomic mass is 9.85. The summed E-state index contributed by atoms with van der Waals surface area (Å²) in [5.41, 5.74) is 0.132. The lowest BCUT2D eigenvalue weighted by Gasteiger charge is -2.32. The van der Waals surface area contributed by atoms with Gasteiger partial charge in [0.2, 0.25) is 0 Å². The Hall–Kier alpha value is -1.10. The molecule has 23 heavy (non-hydrogen) atoms. The number of allylic oxidation sites excluding steroid dienone is 2. The lowest BCUT2D eigenvalue weighted by molar-refractivity contribution is -0.168. The van der Waals surface area contributed by atoms with Gasteiger partial charge >= 0.3 is 11.9 Å². The van der Waals surface area contributed by atoms with Crippen molar-refractivity contribution in [3.05, 3.63) is 10.8 Å². The molecule has 1 rings (SSSR count). The molecule has 1 atom stereocenters. The molecule has 1 aliphatic carbocycles. The summed E-state index contributed by atoms with van der Waals surface area (Å²) in [4.78, 5) is 24.7. The number of rotatable bonds is 6. The van der Waals surface area contributed by atoms with Crippen LogP contribution in [0.4, 0.5) is 0 Å². The fraction of sp³-hybridized carbons (Fsp3) is 0.778. The third-order valence-electron chi connectivity index (χ3n) is 6.20. The van der Waals surface area contributed by atoms with Crippen LogP contribution in [0, 0.1) is 11.3 Å². The molecule has 0 spiro atoms. The largest absolute Gasteiger partial charge is 0.468 e. The van der Waals surface area contributed by atoms with E-state index in [2.05, 4.69) is 34.6 Å². The van der Waals surface area contributed by atoms with Gasteiger partial charge in [-0.05, 0) is 25.7 Å². The fourth-order valence-electron chi connectivity index (χ4n) is 4.39. The summed E-state index contributed by atoms with van der Waals surface area (Å²) in [6.45, 7) is 11.2. The zero-order chi connectivity index (χ0) is 17.8. The first-order chi connectivity index (χ1) is 10.8. The van der Waals surface area contributed by atoms with Crippen molar-refractivity contribution in [1.82, 2.24) is 0 Å². The van der Waals surface area contributed by atoms with Gasteiger partial charge in [-0.1, -0.05) is 56.6 Å². The third kappa shape index (κ3) is 3.25. The first-order valence-corrected chi connectivity index (χ1v) is 11.3. The maximum atomic E-state index is 12.4. The van der Waals surface area contributed by atoms with E-state index < -0.39 is 25.4 Å². The maximum Gasteiger partial charge on any atom is 0.323 e. The first-order valence-electron chi connectivity index (χ1n) is 8.65. The fourth-order valence-corrected chi connectivity index (χ4v) is 8.50. The van der Waals surface area contributed by atoms with Crippen LogP contribution in [0.2, 0.25) is 18.1 Å². The van der Waals surface area contributed by atoms with Crippen molar-refractivity contribution >= 4 is 20.0 Å². The molecule has 0 heterocycles. The van der Waals surface area contributed by atoms with Crippen molar-refractivity contribution in [2.75, 3.05) is 14.2 Å². The standard InChI is InChI=1S/C18H32O4Si/c1-8-23(9-2,10-3)14(5)15-12-18(11-13(15)4,16(19)21-6)17(20)22-7/h13H,8-12H2,1-7H3. The van der Waals surface area contributed by atoms with Gasteiger partial charge in [0.05, 0.1) is 22.3 Å². The van der Waals surface area contributed by atoms with Crippen molar-refractivity contribution in [1.29, 1.82) is 0 Å². The van der Waals surface area contributed by atoms with Gasteiger partial charge < -0.3 is 9.47 Å². The van der Waals surface area contributed by atoms with Gasteiger partial charge in [0.25, 0.3) is 0 Å². The van der Waals surface area contributed by atoms with E-state index in [1.165, 1.54) is 43.1 Å². The molecule has 1 saturated carbocycles. The molecule has 0 radical (unpaired) electrons. The minimum Gasteiger partial charge on any atom is -0.468 e. The lowest BCUT2D eigenvalue weighted by Crippen LogP contribution is -2.39. The Morgan fingerprint density at radius 1 is 1.09 bits per heavy atom. The van der Waals surface area contributed by atoms with Crippen molar-refractivity contribution in [3.8, 4) is 0 Å². The highest BCUT2D eigenvalue weighted by Crippen LogP contribution is 2.50. The summed E-state index contributed by atoms with van der Waals surface area (Å²) >= 11 is 0. The molecule has 1 fully saturated rings. The van der Waals surface area contributed by atoms with Crippen molar-refractivity contribution in [2.45, 2.75) is 65.6 Å². The summed E-state index contributed by atoms with van der Waals surface area (Å²) in [6.07, 6.45) is 0.939. The van der Waals surface area contributed by atoms with Gasteiger partial charge in [-0.3, -0.25) is 9.59 Å². The second-order valence-corrected chi connectivity index (χ2v) is 12.3. The van der Waals surface area contributed by atoms with E-state index in [1.54, 1.807) is 0 Å². The monoisotopic (exact) mass is 340 g/mol. The molecule has 5 heteroatoms. The molecule has 0 amide bonds. The van der Waals surface area contributed by atoms with Crippen LogP contribution in [0.5, 0.6) is 0 Å². The molecule has 0 N–H and O–H groups in total. The highest BCUT2D eigenvalue weighted by atomic mass is 28.3. The first kappa shape index (κ1) is 19.9. The molecule has 0 saturated heterocycles. The number of ether oxygens (including phenoxy) is 2. The van der Waals surface area contributed by atoms with Crippen LogP contribution in [0.25, 0.3) is 0 Å². The number of carbonyl (C=O) groups is 2. The van der Waals surface area contributed by atoms with Crippen molar-refractivity contribution in [3.63, 3.8) is 0 Å². The SMILES string of the molecule is CC[Si](CC)(CC)C(C)=C1CC(C(=O)OC)(C(=O)OC)CC1C. The zero-order valence-corrected chi connectivity index (χ0v) is 16.7. The van der Waals surface area contributed by atoms with E-state index in [1.807, 2.05) is 0 Å². The van der Waals surface area contributed by atoms with Gasteiger partial charge in [-0.15, -0.1) is 0 Å². The molecule has 0 aromatic heterocycles. The number of hydrogen-bond donors (Lipinski definition) is 0. The molecule has 1 aliphatic rings. The molecule has 132 valence electrons. The van der Waals surface area contributed by atoms with E-state index in [4.69, 9.17) is 9.47 Å². The van der Waals surface area contributed by atoms with E-state index in [9.17, 15) is 9.59 Å². The predicted molar refractivity (Wildman–Crippen MR) is 94.8 cm³/mol. The Balaban J connectivity index is 3.39. The summed E-state index contributed by atoms with van der Waals surface area (Å²) < 4.78 is 9.90. The smallest absolute Gasteiger partial charge is 0.323 e. The molecule has 0 bridgehead atoms. The maximum absolute atomic E-state index is 12.4. The summed E-state index contributed by atoms with van der Waals surface area (Å²) in [5.74, 6) is -0.712. The molecule has 0 aromatic rings. The van der Waals surface area contributed by atoms with E-state index in [0.29, 0.717) is 12.8 Å². The topological polar surface area (TPSA) is 52.6 Å². The second kappa shape index (κ2) is 7.64. The second-order valence-electron chi connectivity index (χ2n) is 6.84. The highest BCUT2D eigenvalue weighted by molar-refractivity contribution is 6.86. The van der Waals surface area contributed by atoms with Gasteiger partial charge in [0.15, 0.2) is 5.41 Å². The number of methoxy groups -OCH3 is 2. The third-order valence-corrected chi connectivity index (χ3v) is 12.2. The minimum atomic E-state index is -1.50. The molecule has 4 nitrogen and oxygen atoms in total. The number of carbonyl (C=O) groups excluding carboxylic acids is 2. The average molecular weight is 341 g/mol. The normalized spacial score (nSPS) is 22.7. The summed E-state index contributed by atoms with van der Waals surface area (Å²) in [5, 5.41) is 1.48. The number of esters is 2. The highest BCUT2D eigenvalue weighted by Gasteiger charge is 2.55. The Bertz CT molecular complexity index is 467. The van der Waals surface area contributed by atoms with Crippen molar-refractivity contribution in [2.24, 2.45) is 11.3 Å². The Morgan fingerprint density at radius 2 is 1.52 bits per heavy atom. The van der Waals surface area contributed by atoms with Crippen LogP contribution in [-0.2, 0) is 19.1 Å². The van der Waals surface area contributed by atoms with Gasteiger partial charge in [0.1, 0.15) is 0 Å². The van der Waals surface area contributed by atoms with Crippen LogP contribution < -0.4 is 0 Å². The molecular weight excluding hydrogens is 308 g/mol. The quantitative estimate of drug-likeness (QED) is 0.415. The minimum absolute atomic E-state index is 0.213. The predicted octanol–water partition coefficient (Wildman–Crippen LogP) is 4.11. The Kier molecular flexibility index (Phi) is 6.63. The Morgan fingerprint density at radius 3 is 1.87 bits per heavy atom.